The predicted molar refractivity (Wildman–Crippen MR) is 49.0 cm³/mol. The Morgan fingerprint density at radius 1 is 1.42 bits per heavy atom. The highest BCUT2D eigenvalue weighted by Crippen LogP contribution is 2.11. The summed E-state index contributed by atoms with van der Waals surface area (Å²) in [6.45, 7) is 3.85. The van der Waals surface area contributed by atoms with Crippen molar-refractivity contribution in [3.63, 3.8) is 0 Å². The van der Waals surface area contributed by atoms with E-state index in [-0.39, 0.29) is 6.29 Å². The Bertz CT molecular complexity index is 128. The SMILES string of the molecule is CCCC=CCCOC1CCO1. The molecule has 2 heteroatoms. The van der Waals surface area contributed by atoms with Gasteiger partial charge in [0.15, 0.2) is 6.29 Å². The first kappa shape index (κ1) is 9.75. The molecule has 1 atom stereocenters. The summed E-state index contributed by atoms with van der Waals surface area (Å²) < 4.78 is 10.5. The van der Waals surface area contributed by atoms with Crippen molar-refractivity contribution in [3.8, 4) is 0 Å². The third-order valence-electron chi connectivity index (χ3n) is 1.87. The fourth-order valence-electron chi connectivity index (χ4n) is 1.02. The predicted octanol–water partition coefficient (Wildman–Crippen LogP) is 2.50. The smallest absolute Gasteiger partial charge is 0.159 e. The monoisotopic (exact) mass is 170 g/mol. The van der Waals surface area contributed by atoms with E-state index in [1.807, 2.05) is 0 Å². The minimum atomic E-state index is 0.101. The zero-order valence-corrected chi connectivity index (χ0v) is 7.79. The molecule has 1 aliphatic heterocycles. The topological polar surface area (TPSA) is 18.5 Å². The first-order valence-corrected chi connectivity index (χ1v) is 4.81. The van der Waals surface area contributed by atoms with Crippen molar-refractivity contribution in [2.45, 2.75) is 38.9 Å². The lowest BCUT2D eigenvalue weighted by Crippen LogP contribution is -2.29. The summed E-state index contributed by atoms with van der Waals surface area (Å²) in [5.41, 5.74) is 0. The summed E-state index contributed by atoms with van der Waals surface area (Å²) in [4.78, 5) is 0. The van der Waals surface area contributed by atoms with Crippen LogP contribution in [0.5, 0.6) is 0 Å². The maximum Gasteiger partial charge on any atom is 0.159 e. The van der Waals surface area contributed by atoms with Crippen LogP contribution in [-0.2, 0) is 9.47 Å². The molecule has 2 nitrogen and oxygen atoms in total. The summed E-state index contributed by atoms with van der Waals surface area (Å²) in [5, 5.41) is 0. The lowest BCUT2D eigenvalue weighted by molar-refractivity contribution is -0.213. The summed E-state index contributed by atoms with van der Waals surface area (Å²) >= 11 is 0. The third kappa shape index (κ3) is 3.88. The van der Waals surface area contributed by atoms with E-state index >= 15 is 0 Å². The molecule has 1 aliphatic rings. The Morgan fingerprint density at radius 2 is 2.17 bits per heavy atom. The number of hydrogen-bond acceptors (Lipinski definition) is 2. The van der Waals surface area contributed by atoms with Gasteiger partial charge in [0.05, 0.1) is 13.2 Å². The molecule has 0 aromatic carbocycles. The molecule has 0 aromatic rings. The zero-order chi connectivity index (χ0) is 8.65. The van der Waals surface area contributed by atoms with Crippen LogP contribution in [0.1, 0.15) is 32.6 Å². The van der Waals surface area contributed by atoms with Gasteiger partial charge in [0.2, 0.25) is 0 Å². The lowest BCUT2D eigenvalue weighted by Gasteiger charge is -2.25. The molecule has 1 fully saturated rings. The molecule has 0 spiro atoms. The zero-order valence-electron chi connectivity index (χ0n) is 7.79. The van der Waals surface area contributed by atoms with Gasteiger partial charge in [0.1, 0.15) is 0 Å². The highest BCUT2D eigenvalue weighted by molar-refractivity contribution is 4.80. The maximum absolute atomic E-state index is 5.38. The van der Waals surface area contributed by atoms with E-state index in [0.717, 1.165) is 26.1 Å². The van der Waals surface area contributed by atoms with E-state index in [2.05, 4.69) is 19.1 Å². The van der Waals surface area contributed by atoms with Gasteiger partial charge in [-0.1, -0.05) is 25.5 Å². The highest BCUT2D eigenvalue weighted by atomic mass is 16.7. The fraction of sp³-hybridized carbons (Fsp3) is 0.800. The van der Waals surface area contributed by atoms with Crippen molar-refractivity contribution in [1.82, 2.24) is 0 Å². The van der Waals surface area contributed by atoms with E-state index < -0.39 is 0 Å². The molecule has 0 amide bonds. The number of allylic oxidation sites excluding steroid dienone is 1. The molecule has 12 heavy (non-hydrogen) atoms. The van der Waals surface area contributed by atoms with Crippen molar-refractivity contribution in [1.29, 1.82) is 0 Å². The van der Waals surface area contributed by atoms with Gasteiger partial charge in [0.25, 0.3) is 0 Å². The standard InChI is InChI=1S/C10H18O2/c1-2-3-4-5-6-8-11-10-7-9-12-10/h4-5,10H,2-3,6-9H2,1H3. The minimum Gasteiger partial charge on any atom is -0.352 e. The van der Waals surface area contributed by atoms with E-state index in [9.17, 15) is 0 Å². The molecule has 0 bridgehead atoms. The second-order valence-electron chi connectivity index (χ2n) is 3.01. The van der Waals surface area contributed by atoms with Crippen molar-refractivity contribution < 1.29 is 9.47 Å². The molecular formula is C10H18O2. The average molecular weight is 170 g/mol. The van der Waals surface area contributed by atoms with Crippen LogP contribution < -0.4 is 0 Å². The number of hydrogen-bond donors (Lipinski definition) is 0. The van der Waals surface area contributed by atoms with Crippen molar-refractivity contribution >= 4 is 0 Å². The molecule has 70 valence electrons. The summed E-state index contributed by atoms with van der Waals surface area (Å²) in [6.07, 6.45) is 8.99. The van der Waals surface area contributed by atoms with Crippen molar-refractivity contribution in [3.05, 3.63) is 12.2 Å². The van der Waals surface area contributed by atoms with Crippen LogP contribution in [0.15, 0.2) is 12.2 Å². The van der Waals surface area contributed by atoms with Crippen molar-refractivity contribution in [2.75, 3.05) is 13.2 Å². The maximum atomic E-state index is 5.38. The van der Waals surface area contributed by atoms with E-state index in [1.165, 1.54) is 12.8 Å². The van der Waals surface area contributed by atoms with E-state index in [1.54, 1.807) is 0 Å². The van der Waals surface area contributed by atoms with E-state index in [4.69, 9.17) is 9.47 Å². The van der Waals surface area contributed by atoms with Crippen LogP contribution in [-0.4, -0.2) is 19.5 Å². The first-order valence-electron chi connectivity index (χ1n) is 4.81. The highest BCUT2D eigenvalue weighted by Gasteiger charge is 2.17. The molecule has 1 rings (SSSR count). The Labute approximate surface area is 74.6 Å². The quantitative estimate of drug-likeness (QED) is 0.450. The normalized spacial score (nSPS) is 22.9. The Balaban J connectivity index is 1.81. The number of ether oxygens (including phenoxy) is 2. The Morgan fingerprint density at radius 3 is 2.75 bits per heavy atom. The fourth-order valence-corrected chi connectivity index (χ4v) is 1.02. The van der Waals surface area contributed by atoms with Crippen LogP contribution in [0.25, 0.3) is 0 Å². The van der Waals surface area contributed by atoms with Crippen LogP contribution in [0.4, 0.5) is 0 Å². The Kier molecular flexibility index (Phi) is 5.04. The van der Waals surface area contributed by atoms with Gasteiger partial charge in [-0.3, -0.25) is 0 Å². The number of rotatable bonds is 6. The van der Waals surface area contributed by atoms with Gasteiger partial charge in [-0.2, -0.15) is 0 Å². The average Bonchev–Trinajstić information content (AvgIpc) is 2.00. The molecule has 1 heterocycles. The summed E-state index contributed by atoms with van der Waals surface area (Å²) in [5.74, 6) is 0. The molecular weight excluding hydrogens is 152 g/mol. The first-order chi connectivity index (χ1) is 5.93. The molecule has 0 saturated carbocycles. The van der Waals surface area contributed by atoms with Crippen LogP contribution in [0.2, 0.25) is 0 Å². The molecule has 0 aliphatic carbocycles. The van der Waals surface area contributed by atoms with E-state index in [0.29, 0.717) is 0 Å². The summed E-state index contributed by atoms with van der Waals surface area (Å²) in [6, 6.07) is 0. The largest absolute Gasteiger partial charge is 0.352 e. The summed E-state index contributed by atoms with van der Waals surface area (Å²) in [7, 11) is 0. The molecule has 1 saturated heterocycles. The Hall–Kier alpha value is -0.340. The van der Waals surface area contributed by atoms with Gasteiger partial charge in [-0.25, -0.2) is 0 Å². The number of unbranched alkanes of at least 4 members (excludes halogenated alkanes) is 1. The van der Waals surface area contributed by atoms with Crippen LogP contribution in [0, 0.1) is 0 Å². The molecule has 0 radical (unpaired) electrons. The molecule has 1 unspecified atom stereocenters. The van der Waals surface area contributed by atoms with Gasteiger partial charge in [-0.05, 0) is 12.8 Å². The van der Waals surface area contributed by atoms with Gasteiger partial charge in [-0.15, -0.1) is 0 Å². The molecule has 0 N–H and O–H groups in total. The lowest BCUT2D eigenvalue weighted by atomic mass is 10.3. The van der Waals surface area contributed by atoms with Crippen LogP contribution >= 0.6 is 0 Å². The van der Waals surface area contributed by atoms with Crippen molar-refractivity contribution in [2.24, 2.45) is 0 Å². The second kappa shape index (κ2) is 6.21. The molecule has 0 aromatic heterocycles. The minimum absolute atomic E-state index is 0.101. The van der Waals surface area contributed by atoms with Crippen LogP contribution in [0.3, 0.4) is 0 Å². The van der Waals surface area contributed by atoms with Gasteiger partial charge < -0.3 is 9.47 Å². The third-order valence-corrected chi connectivity index (χ3v) is 1.87. The van der Waals surface area contributed by atoms with Gasteiger partial charge in [0, 0.05) is 6.42 Å². The second-order valence-corrected chi connectivity index (χ2v) is 3.01. The van der Waals surface area contributed by atoms with Gasteiger partial charge >= 0.3 is 0 Å².